The number of hydrogen-bond acceptors (Lipinski definition) is 0. The van der Waals surface area contributed by atoms with Crippen molar-refractivity contribution in [2.75, 3.05) is 0 Å². The third-order valence-electron chi connectivity index (χ3n) is 11.4. The lowest BCUT2D eigenvalue weighted by atomic mass is 9.30. The van der Waals surface area contributed by atoms with Crippen LogP contribution in [0.5, 0.6) is 0 Å². The zero-order chi connectivity index (χ0) is 31.9. The molecule has 0 aliphatic carbocycles. The first-order valence-electron chi connectivity index (χ1n) is 17.0. The van der Waals surface area contributed by atoms with Gasteiger partial charge in [0.25, 0.3) is 0 Å². The van der Waals surface area contributed by atoms with Crippen LogP contribution in [0.1, 0.15) is 33.4 Å². The molecule has 0 unspecified atom stereocenters. The average molecular weight is 599 g/mol. The number of fused-ring (bicyclic) bond motifs is 5. The second-order valence-electron chi connectivity index (χ2n) is 14.4. The van der Waals surface area contributed by atoms with Gasteiger partial charge in [0.2, 0.25) is 13.4 Å². The zero-order valence-corrected chi connectivity index (χ0v) is 27.9. The lowest BCUT2D eigenvalue weighted by molar-refractivity contribution is 1.20. The van der Waals surface area contributed by atoms with Crippen LogP contribution in [0.4, 0.5) is 0 Å². The zero-order valence-electron chi connectivity index (χ0n) is 27.9. The normalized spacial score (nSPS) is 13.2. The Bertz CT molecular complexity index is 2480. The van der Waals surface area contributed by atoms with Gasteiger partial charge in [0.15, 0.2) is 0 Å². The molecule has 47 heavy (non-hydrogen) atoms. The van der Waals surface area contributed by atoms with Crippen molar-refractivity contribution in [3.63, 3.8) is 0 Å². The highest BCUT2D eigenvalue weighted by Gasteiger charge is 2.44. The molecule has 222 valence electrons. The smallest absolute Gasteiger partial charge is 0.248 e. The van der Waals surface area contributed by atoms with Crippen LogP contribution in [0.3, 0.4) is 0 Å². The van der Waals surface area contributed by atoms with E-state index < -0.39 is 0 Å². The first-order chi connectivity index (χ1) is 22.8. The van der Waals surface area contributed by atoms with Crippen LogP contribution in [-0.4, -0.2) is 18.0 Å². The van der Waals surface area contributed by atoms with Gasteiger partial charge in [-0.15, -0.1) is 0 Å². The van der Waals surface area contributed by atoms with E-state index in [0.717, 1.165) is 0 Å². The fourth-order valence-corrected chi connectivity index (χ4v) is 10.0. The fourth-order valence-electron chi connectivity index (χ4n) is 10.0. The van der Waals surface area contributed by atoms with Crippen LogP contribution < -0.4 is 32.8 Å². The van der Waals surface area contributed by atoms with Gasteiger partial charge < -0.3 is 4.57 Å². The van der Waals surface area contributed by atoms with Crippen LogP contribution >= 0.6 is 0 Å². The van der Waals surface area contributed by atoms with Gasteiger partial charge in [-0.05, 0) is 97.1 Å². The van der Waals surface area contributed by atoms with Gasteiger partial charge in [-0.25, -0.2) is 0 Å². The standard InChI is InChI=1S/C44H35B2N/c1-24-18-26(3)38(27(4)19-24)45-36-16-11-17-37-44(36)47-42-34(22-30-12-7-9-14-32(30)40(42)45)35-23-31-13-8-10-15-33(31)41(43(35)47)46(37)39-28(5)20-25(2)21-29(39)6/h7-23H,1-6H3. The fraction of sp³-hybridized carbons (Fsp3) is 0.136. The number of benzene rings is 7. The van der Waals surface area contributed by atoms with Gasteiger partial charge in [-0.1, -0.05) is 135 Å². The predicted octanol–water partition coefficient (Wildman–Crippen LogP) is 6.60. The molecule has 0 spiro atoms. The summed E-state index contributed by atoms with van der Waals surface area (Å²) < 4.78 is 2.70. The Hall–Kier alpha value is -5.01. The number of rotatable bonds is 2. The summed E-state index contributed by atoms with van der Waals surface area (Å²) >= 11 is 0. The molecule has 1 nitrogen and oxygen atoms in total. The lowest BCUT2D eigenvalue weighted by Gasteiger charge is -2.36. The number of aromatic nitrogens is 1. The quantitative estimate of drug-likeness (QED) is 0.198. The number of nitrogens with zero attached hydrogens (tertiary/aromatic N) is 1. The van der Waals surface area contributed by atoms with E-state index in [0.29, 0.717) is 0 Å². The number of aryl methyl sites for hydroxylation is 6. The molecule has 2 aliphatic heterocycles. The van der Waals surface area contributed by atoms with Gasteiger partial charge >= 0.3 is 0 Å². The SMILES string of the molecule is Cc1cc(C)c(B2c3cccc4c3-n3c5c2c2ccccc2cc5c2cc5ccccc5c(c23)B4c2c(C)cc(C)cc2C)c(C)c1. The number of hydrogen-bond donors (Lipinski definition) is 0. The van der Waals surface area contributed by atoms with Gasteiger partial charge in [0.1, 0.15) is 0 Å². The van der Waals surface area contributed by atoms with Crippen molar-refractivity contribution in [3.8, 4) is 5.69 Å². The van der Waals surface area contributed by atoms with Crippen molar-refractivity contribution in [1.29, 1.82) is 0 Å². The Morgan fingerprint density at radius 2 is 0.809 bits per heavy atom. The summed E-state index contributed by atoms with van der Waals surface area (Å²) in [6, 6.07) is 39.9. The van der Waals surface area contributed by atoms with Crippen LogP contribution in [0.2, 0.25) is 0 Å². The first kappa shape index (κ1) is 27.1. The monoisotopic (exact) mass is 599 g/mol. The van der Waals surface area contributed by atoms with Crippen LogP contribution in [0, 0.1) is 41.5 Å². The molecular formula is C44H35B2N. The summed E-state index contributed by atoms with van der Waals surface area (Å²) in [5.74, 6) is 0. The molecule has 0 fully saturated rings. The van der Waals surface area contributed by atoms with Crippen molar-refractivity contribution in [2.45, 2.75) is 41.5 Å². The Morgan fingerprint density at radius 3 is 1.23 bits per heavy atom. The van der Waals surface area contributed by atoms with E-state index in [2.05, 4.69) is 149 Å². The maximum Gasteiger partial charge on any atom is 0.248 e. The topological polar surface area (TPSA) is 4.93 Å². The number of para-hydroxylation sites is 1. The summed E-state index contributed by atoms with van der Waals surface area (Å²) in [5, 5.41) is 8.09. The highest BCUT2D eigenvalue weighted by atomic mass is 15.0. The van der Waals surface area contributed by atoms with Gasteiger partial charge in [-0.3, -0.25) is 0 Å². The Labute approximate surface area is 277 Å². The van der Waals surface area contributed by atoms with Gasteiger partial charge in [0, 0.05) is 27.5 Å². The van der Waals surface area contributed by atoms with Crippen LogP contribution in [-0.2, 0) is 0 Å². The van der Waals surface area contributed by atoms with Gasteiger partial charge in [0.05, 0.1) is 0 Å². The molecule has 1 aromatic heterocycles. The summed E-state index contributed by atoms with van der Waals surface area (Å²) in [4.78, 5) is 0. The van der Waals surface area contributed by atoms with E-state index in [4.69, 9.17) is 0 Å². The second kappa shape index (κ2) is 9.29. The molecule has 10 rings (SSSR count). The summed E-state index contributed by atoms with van der Waals surface area (Å²) in [6.07, 6.45) is 0. The minimum Gasteiger partial charge on any atom is -0.311 e. The Morgan fingerprint density at radius 1 is 0.404 bits per heavy atom. The molecule has 0 amide bonds. The van der Waals surface area contributed by atoms with Crippen molar-refractivity contribution >= 4 is 89.6 Å². The summed E-state index contributed by atoms with van der Waals surface area (Å²) in [6.45, 7) is 14.0. The van der Waals surface area contributed by atoms with Crippen LogP contribution in [0.25, 0.3) is 49.0 Å². The van der Waals surface area contributed by atoms with E-state index in [1.165, 1.54) is 115 Å². The van der Waals surface area contributed by atoms with Crippen molar-refractivity contribution in [3.05, 3.63) is 137 Å². The molecule has 0 bridgehead atoms. The molecule has 3 heterocycles. The highest BCUT2D eigenvalue weighted by Crippen LogP contribution is 2.39. The first-order valence-corrected chi connectivity index (χ1v) is 17.0. The largest absolute Gasteiger partial charge is 0.311 e. The maximum absolute atomic E-state index is 2.70. The van der Waals surface area contributed by atoms with E-state index >= 15 is 0 Å². The lowest BCUT2D eigenvalue weighted by Crippen LogP contribution is -2.64. The molecule has 0 saturated heterocycles. The van der Waals surface area contributed by atoms with Crippen LogP contribution in [0.15, 0.2) is 103 Å². The van der Waals surface area contributed by atoms with E-state index in [-0.39, 0.29) is 13.4 Å². The molecule has 0 N–H and O–H groups in total. The van der Waals surface area contributed by atoms with Crippen molar-refractivity contribution < 1.29 is 0 Å². The highest BCUT2D eigenvalue weighted by molar-refractivity contribution is 7.03. The molecule has 0 saturated carbocycles. The molecule has 2 aliphatic rings. The molecule has 7 aromatic carbocycles. The molecule has 0 radical (unpaired) electrons. The van der Waals surface area contributed by atoms with E-state index in [9.17, 15) is 0 Å². The molecule has 0 atom stereocenters. The van der Waals surface area contributed by atoms with E-state index in [1.54, 1.807) is 0 Å². The van der Waals surface area contributed by atoms with Crippen molar-refractivity contribution in [1.82, 2.24) is 4.57 Å². The average Bonchev–Trinajstić information content (AvgIpc) is 3.36. The third kappa shape index (κ3) is 3.42. The summed E-state index contributed by atoms with van der Waals surface area (Å²) in [7, 11) is 0. The molecule has 8 aromatic rings. The predicted molar refractivity (Wildman–Crippen MR) is 206 cm³/mol. The van der Waals surface area contributed by atoms with Crippen molar-refractivity contribution in [2.24, 2.45) is 0 Å². The van der Waals surface area contributed by atoms with Gasteiger partial charge in [-0.2, -0.15) is 0 Å². The van der Waals surface area contributed by atoms with E-state index in [1.807, 2.05) is 0 Å². The third-order valence-corrected chi connectivity index (χ3v) is 11.4. The maximum atomic E-state index is 2.70. The minimum absolute atomic E-state index is 0.132. The Kier molecular flexibility index (Phi) is 5.36. The minimum atomic E-state index is 0.132. The Balaban J connectivity index is 1.51. The summed E-state index contributed by atoms with van der Waals surface area (Å²) in [5.41, 5.74) is 21.0. The second-order valence-corrected chi connectivity index (χ2v) is 14.4. The molecule has 3 heteroatoms. The molecular weight excluding hydrogens is 564 g/mol.